The highest BCUT2D eigenvalue weighted by Crippen LogP contribution is 2.52. The van der Waals surface area contributed by atoms with Crippen molar-refractivity contribution in [2.75, 3.05) is 9.80 Å². The summed E-state index contributed by atoms with van der Waals surface area (Å²) in [7, 11) is 0. The van der Waals surface area contributed by atoms with Crippen molar-refractivity contribution in [3.8, 4) is 17.2 Å². The number of para-hydroxylation sites is 3. The standard InChI is InChI=1S/C36H24N4S2/c37-22-26-21-24(17-19-27(26)39-28-9-1-5-13-32(28)41-33-14-6-2-10-29(33)39)25-18-20-36(38-23-25)40-30-11-3-7-15-34(30)42-35-16-8-4-12-31(35)40/h1-7,9-15,17-21,23H,8,16H2. The lowest BCUT2D eigenvalue weighted by Crippen LogP contribution is -2.22. The molecule has 0 amide bonds. The lowest BCUT2D eigenvalue weighted by Gasteiger charge is -2.34. The number of thioether (sulfide) groups is 1. The molecule has 0 unspecified atom stereocenters. The van der Waals surface area contributed by atoms with Crippen LogP contribution in [0, 0.1) is 11.3 Å². The van der Waals surface area contributed by atoms with E-state index in [1.54, 1.807) is 11.8 Å². The molecule has 5 aromatic rings. The highest BCUT2D eigenvalue weighted by molar-refractivity contribution is 8.03. The number of nitriles is 1. The Hall–Kier alpha value is -4.70. The molecule has 3 aliphatic rings. The summed E-state index contributed by atoms with van der Waals surface area (Å²) in [5.74, 6) is 0.890. The first-order valence-corrected chi connectivity index (χ1v) is 15.5. The van der Waals surface area contributed by atoms with E-state index in [1.807, 2.05) is 24.0 Å². The molecule has 0 fully saturated rings. The number of allylic oxidation sites excluding steroid dienone is 3. The molecule has 6 heteroatoms. The van der Waals surface area contributed by atoms with Crippen LogP contribution in [-0.2, 0) is 0 Å². The second-order valence-corrected chi connectivity index (χ2v) is 12.5. The zero-order valence-corrected chi connectivity index (χ0v) is 24.2. The van der Waals surface area contributed by atoms with E-state index in [2.05, 4.69) is 125 Å². The van der Waals surface area contributed by atoms with Crippen LogP contribution in [0.3, 0.4) is 0 Å². The van der Waals surface area contributed by atoms with Gasteiger partial charge in [0.15, 0.2) is 0 Å². The largest absolute Gasteiger partial charge is 0.307 e. The van der Waals surface area contributed by atoms with Gasteiger partial charge in [-0.05, 0) is 85.1 Å². The Labute approximate surface area is 253 Å². The molecule has 4 aromatic carbocycles. The molecule has 0 N–H and O–H groups in total. The Morgan fingerprint density at radius 2 is 1.31 bits per heavy atom. The van der Waals surface area contributed by atoms with E-state index in [1.165, 1.54) is 25.3 Å². The molecule has 200 valence electrons. The number of aromatic nitrogens is 1. The number of hydrogen-bond donors (Lipinski definition) is 0. The van der Waals surface area contributed by atoms with Crippen LogP contribution in [0.4, 0.5) is 28.6 Å². The van der Waals surface area contributed by atoms with Gasteiger partial charge in [0.05, 0.1) is 34.0 Å². The van der Waals surface area contributed by atoms with Gasteiger partial charge in [0.25, 0.3) is 0 Å². The van der Waals surface area contributed by atoms with Crippen LogP contribution >= 0.6 is 23.5 Å². The van der Waals surface area contributed by atoms with Gasteiger partial charge in [-0.25, -0.2) is 4.98 Å². The van der Waals surface area contributed by atoms with Crippen LogP contribution in [0.25, 0.3) is 11.1 Å². The van der Waals surface area contributed by atoms with E-state index in [0.29, 0.717) is 5.56 Å². The highest BCUT2D eigenvalue weighted by Gasteiger charge is 2.28. The Morgan fingerprint density at radius 1 is 0.667 bits per heavy atom. The van der Waals surface area contributed by atoms with Gasteiger partial charge in [0.1, 0.15) is 11.9 Å². The van der Waals surface area contributed by atoms with Crippen molar-refractivity contribution in [2.24, 2.45) is 0 Å². The molecule has 2 aliphatic heterocycles. The fourth-order valence-corrected chi connectivity index (χ4v) is 8.04. The van der Waals surface area contributed by atoms with E-state index < -0.39 is 0 Å². The van der Waals surface area contributed by atoms with Crippen molar-refractivity contribution in [1.82, 2.24) is 4.98 Å². The molecule has 0 radical (unpaired) electrons. The van der Waals surface area contributed by atoms with Gasteiger partial charge in [-0.2, -0.15) is 5.26 Å². The summed E-state index contributed by atoms with van der Waals surface area (Å²) in [6.07, 6.45) is 8.51. The first-order valence-electron chi connectivity index (χ1n) is 13.9. The van der Waals surface area contributed by atoms with E-state index in [4.69, 9.17) is 4.98 Å². The molecule has 1 aliphatic carbocycles. The maximum Gasteiger partial charge on any atom is 0.137 e. The van der Waals surface area contributed by atoms with E-state index in [-0.39, 0.29) is 0 Å². The summed E-state index contributed by atoms with van der Waals surface area (Å²) in [6, 6.07) is 38.1. The number of rotatable bonds is 3. The number of hydrogen-bond acceptors (Lipinski definition) is 6. The SMILES string of the molecule is N#Cc1cc(-c2ccc(N3C4=C(CCC=C4)Sc4ccccc43)nc2)ccc1N1c2ccccc2Sc2ccccc21. The average Bonchev–Trinajstić information content (AvgIpc) is 3.06. The maximum atomic E-state index is 10.3. The van der Waals surface area contributed by atoms with Gasteiger partial charge in [-0.3, -0.25) is 4.90 Å². The second kappa shape index (κ2) is 10.3. The van der Waals surface area contributed by atoms with Gasteiger partial charge in [0, 0.05) is 31.4 Å². The van der Waals surface area contributed by atoms with Crippen molar-refractivity contribution in [1.29, 1.82) is 5.26 Å². The first-order chi connectivity index (χ1) is 20.8. The molecule has 4 nitrogen and oxygen atoms in total. The van der Waals surface area contributed by atoms with E-state index in [0.717, 1.165) is 52.5 Å². The van der Waals surface area contributed by atoms with Gasteiger partial charge >= 0.3 is 0 Å². The summed E-state index contributed by atoms with van der Waals surface area (Å²) in [5.41, 5.74) is 7.98. The predicted molar refractivity (Wildman–Crippen MR) is 173 cm³/mol. The lowest BCUT2D eigenvalue weighted by molar-refractivity contribution is 0.961. The molecular formula is C36H24N4S2. The average molecular weight is 577 g/mol. The Kier molecular flexibility index (Phi) is 6.14. The maximum absolute atomic E-state index is 10.3. The normalized spacial score (nSPS) is 14.9. The quantitative estimate of drug-likeness (QED) is 0.209. The first kappa shape index (κ1) is 25.0. The molecular weight excluding hydrogens is 553 g/mol. The fourth-order valence-electron chi connectivity index (χ4n) is 5.82. The minimum atomic E-state index is 0.622. The highest BCUT2D eigenvalue weighted by atomic mass is 32.2. The Morgan fingerprint density at radius 3 is 1.98 bits per heavy atom. The van der Waals surface area contributed by atoms with Gasteiger partial charge in [0.2, 0.25) is 0 Å². The third-order valence-electron chi connectivity index (χ3n) is 7.78. The molecule has 1 aromatic heterocycles. The number of nitrogens with zero attached hydrogens (tertiary/aromatic N) is 4. The number of pyridine rings is 1. The molecule has 0 bridgehead atoms. The zero-order chi connectivity index (χ0) is 28.0. The van der Waals surface area contributed by atoms with E-state index in [9.17, 15) is 5.26 Å². The predicted octanol–water partition coefficient (Wildman–Crippen LogP) is 10.4. The molecule has 0 atom stereocenters. The topological polar surface area (TPSA) is 43.2 Å². The summed E-state index contributed by atoms with van der Waals surface area (Å²) >= 11 is 3.64. The molecule has 0 saturated carbocycles. The molecule has 0 saturated heterocycles. The second-order valence-electron chi connectivity index (χ2n) is 10.3. The van der Waals surface area contributed by atoms with Gasteiger partial charge < -0.3 is 4.90 Å². The van der Waals surface area contributed by atoms with Crippen LogP contribution < -0.4 is 9.80 Å². The smallest absolute Gasteiger partial charge is 0.137 e. The van der Waals surface area contributed by atoms with Crippen molar-refractivity contribution in [3.05, 3.63) is 138 Å². The molecule has 0 spiro atoms. The van der Waals surface area contributed by atoms with Crippen LogP contribution in [0.5, 0.6) is 0 Å². The summed E-state index contributed by atoms with van der Waals surface area (Å²) in [6.45, 7) is 0. The summed E-state index contributed by atoms with van der Waals surface area (Å²) in [4.78, 5) is 14.4. The van der Waals surface area contributed by atoms with Crippen LogP contribution in [-0.4, -0.2) is 4.98 Å². The Balaban J connectivity index is 1.17. The van der Waals surface area contributed by atoms with Gasteiger partial charge in [-0.1, -0.05) is 72.1 Å². The number of fused-ring (bicyclic) bond motifs is 3. The minimum absolute atomic E-state index is 0.622. The number of benzene rings is 4. The third kappa shape index (κ3) is 4.13. The molecule has 42 heavy (non-hydrogen) atoms. The molecule has 3 heterocycles. The summed E-state index contributed by atoms with van der Waals surface area (Å²) in [5, 5.41) is 10.3. The third-order valence-corrected chi connectivity index (χ3v) is 10.1. The van der Waals surface area contributed by atoms with Crippen LogP contribution in [0.1, 0.15) is 18.4 Å². The molecule has 8 rings (SSSR count). The van der Waals surface area contributed by atoms with Crippen molar-refractivity contribution < 1.29 is 0 Å². The summed E-state index contributed by atoms with van der Waals surface area (Å²) < 4.78 is 0. The monoisotopic (exact) mass is 576 g/mol. The van der Waals surface area contributed by atoms with Crippen molar-refractivity contribution in [3.63, 3.8) is 0 Å². The number of anilines is 5. The lowest BCUT2D eigenvalue weighted by atomic mass is 10.0. The fraction of sp³-hybridized carbons (Fsp3) is 0.0556. The van der Waals surface area contributed by atoms with E-state index >= 15 is 0 Å². The van der Waals surface area contributed by atoms with Crippen molar-refractivity contribution in [2.45, 2.75) is 27.5 Å². The van der Waals surface area contributed by atoms with Crippen LogP contribution in [0.15, 0.2) is 147 Å². The van der Waals surface area contributed by atoms with Gasteiger partial charge in [-0.15, -0.1) is 0 Å². The van der Waals surface area contributed by atoms with Crippen LogP contribution in [0.2, 0.25) is 0 Å². The van der Waals surface area contributed by atoms with Crippen molar-refractivity contribution >= 4 is 52.1 Å². The zero-order valence-electron chi connectivity index (χ0n) is 22.6. The Bertz CT molecular complexity index is 1920. The minimum Gasteiger partial charge on any atom is -0.307 e.